The van der Waals surface area contributed by atoms with Gasteiger partial charge in [0.25, 0.3) is 5.89 Å². The van der Waals surface area contributed by atoms with Crippen molar-refractivity contribution in [1.29, 1.82) is 0 Å². The third-order valence-corrected chi connectivity index (χ3v) is 6.36. The van der Waals surface area contributed by atoms with Crippen LogP contribution < -0.4 is 0 Å². The van der Waals surface area contributed by atoms with E-state index < -0.39 is 16.0 Å². The molecule has 140 valence electrons. The second-order valence-corrected chi connectivity index (χ2v) is 8.17. The average molecular weight is 379 g/mol. The fraction of sp³-hybridized carbons (Fsp3) is 0.471. The van der Waals surface area contributed by atoms with E-state index in [2.05, 4.69) is 10.2 Å². The predicted molar refractivity (Wildman–Crippen MR) is 91.8 cm³/mol. The van der Waals surface area contributed by atoms with Crippen LogP contribution in [0, 0.1) is 6.92 Å². The first kappa shape index (κ1) is 18.5. The van der Waals surface area contributed by atoms with Gasteiger partial charge < -0.3 is 9.15 Å². The maximum absolute atomic E-state index is 12.8. The van der Waals surface area contributed by atoms with Crippen molar-refractivity contribution in [3.05, 3.63) is 41.6 Å². The number of ether oxygens (including phenoxy) is 1. The van der Waals surface area contributed by atoms with Gasteiger partial charge in [-0.2, -0.15) is 4.31 Å². The van der Waals surface area contributed by atoms with E-state index in [9.17, 15) is 13.2 Å². The predicted octanol–water partition coefficient (Wildman–Crippen LogP) is 2.30. The van der Waals surface area contributed by atoms with E-state index in [0.29, 0.717) is 12.4 Å². The number of sulfonamides is 1. The summed E-state index contributed by atoms with van der Waals surface area (Å²) in [5, 5.41) is 7.39. The molecule has 1 aromatic carbocycles. The first-order chi connectivity index (χ1) is 12.4. The van der Waals surface area contributed by atoms with E-state index in [1.54, 1.807) is 6.92 Å². The van der Waals surface area contributed by atoms with Gasteiger partial charge in [-0.1, -0.05) is 6.42 Å². The Morgan fingerprint density at radius 1 is 1.27 bits per heavy atom. The number of aromatic nitrogens is 2. The molecule has 1 fully saturated rings. The summed E-state index contributed by atoms with van der Waals surface area (Å²) in [7, 11) is -3.56. The van der Waals surface area contributed by atoms with Gasteiger partial charge in [0.05, 0.1) is 10.5 Å². The standard InChI is InChI=1S/C17H21N3O5S/c1-12-5-3-4-10-20(12)26(22,23)15-8-6-14(7-9-15)17(21)24-11-16-19-18-13(2)25-16/h6-9,12H,3-5,10-11H2,1-2H3/t12-/m1/s1. The van der Waals surface area contributed by atoms with E-state index in [0.717, 1.165) is 19.3 Å². The first-order valence-electron chi connectivity index (χ1n) is 8.46. The molecule has 0 bridgehead atoms. The normalized spacial score (nSPS) is 18.6. The monoisotopic (exact) mass is 379 g/mol. The Morgan fingerprint density at radius 3 is 2.62 bits per heavy atom. The number of piperidine rings is 1. The molecule has 0 spiro atoms. The highest BCUT2D eigenvalue weighted by atomic mass is 32.2. The molecule has 1 aliphatic rings. The topological polar surface area (TPSA) is 103 Å². The van der Waals surface area contributed by atoms with Gasteiger partial charge in [-0.3, -0.25) is 0 Å². The summed E-state index contributed by atoms with van der Waals surface area (Å²) >= 11 is 0. The summed E-state index contributed by atoms with van der Waals surface area (Å²) in [4.78, 5) is 12.2. The molecule has 2 heterocycles. The lowest BCUT2D eigenvalue weighted by atomic mass is 10.1. The van der Waals surface area contributed by atoms with Gasteiger partial charge in [0.2, 0.25) is 15.9 Å². The Labute approximate surface area is 152 Å². The molecule has 1 atom stereocenters. The Hall–Kier alpha value is -2.26. The number of rotatable bonds is 5. The zero-order chi connectivity index (χ0) is 18.7. The summed E-state index contributed by atoms with van der Waals surface area (Å²) < 4.78 is 37.3. The number of hydrogen-bond acceptors (Lipinski definition) is 7. The molecule has 0 radical (unpaired) electrons. The van der Waals surface area contributed by atoms with Crippen LogP contribution in [0.4, 0.5) is 0 Å². The molecular weight excluding hydrogens is 358 g/mol. The van der Waals surface area contributed by atoms with E-state index >= 15 is 0 Å². The van der Waals surface area contributed by atoms with Gasteiger partial charge in [0.1, 0.15) is 0 Å². The molecule has 3 rings (SSSR count). The summed E-state index contributed by atoms with van der Waals surface area (Å²) in [5.41, 5.74) is 0.256. The minimum Gasteiger partial charge on any atom is -0.452 e. The van der Waals surface area contributed by atoms with Crippen molar-refractivity contribution < 1.29 is 22.4 Å². The lowest BCUT2D eigenvalue weighted by molar-refractivity contribution is 0.0436. The fourth-order valence-electron chi connectivity index (χ4n) is 2.93. The molecule has 0 aliphatic carbocycles. The van der Waals surface area contributed by atoms with Crippen LogP contribution in [0.2, 0.25) is 0 Å². The molecule has 1 aliphatic heterocycles. The number of benzene rings is 1. The molecular formula is C17H21N3O5S. The number of nitrogens with zero attached hydrogens (tertiary/aromatic N) is 3. The maximum Gasteiger partial charge on any atom is 0.338 e. The summed E-state index contributed by atoms with van der Waals surface area (Å²) in [6, 6.07) is 5.75. The third-order valence-electron chi connectivity index (χ3n) is 4.33. The lowest BCUT2D eigenvalue weighted by Gasteiger charge is -2.32. The van der Waals surface area contributed by atoms with Gasteiger partial charge in [-0.15, -0.1) is 10.2 Å². The molecule has 1 saturated heterocycles. The second kappa shape index (κ2) is 7.55. The van der Waals surface area contributed by atoms with Crippen molar-refractivity contribution in [2.24, 2.45) is 0 Å². The lowest BCUT2D eigenvalue weighted by Crippen LogP contribution is -2.41. The molecule has 0 N–H and O–H groups in total. The zero-order valence-corrected chi connectivity index (χ0v) is 15.5. The number of esters is 1. The Kier molecular flexibility index (Phi) is 5.38. The van der Waals surface area contributed by atoms with Crippen molar-refractivity contribution >= 4 is 16.0 Å². The van der Waals surface area contributed by atoms with Gasteiger partial charge in [-0.05, 0) is 44.0 Å². The Morgan fingerprint density at radius 2 is 2.00 bits per heavy atom. The largest absolute Gasteiger partial charge is 0.452 e. The van der Waals surface area contributed by atoms with Crippen LogP contribution >= 0.6 is 0 Å². The van der Waals surface area contributed by atoms with Gasteiger partial charge in [0.15, 0.2) is 6.61 Å². The van der Waals surface area contributed by atoms with Gasteiger partial charge in [0, 0.05) is 19.5 Å². The van der Waals surface area contributed by atoms with Crippen molar-refractivity contribution in [2.75, 3.05) is 6.54 Å². The summed E-state index contributed by atoms with van der Waals surface area (Å²) in [5.74, 6) is 0.00262. The van der Waals surface area contributed by atoms with E-state index in [-0.39, 0.29) is 29.0 Å². The maximum atomic E-state index is 12.8. The molecule has 8 nitrogen and oxygen atoms in total. The highest BCUT2D eigenvalue weighted by Gasteiger charge is 2.30. The summed E-state index contributed by atoms with van der Waals surface area (Å²) in [6.07, 6.45) is 2.76. The number of carbonyl (C=O) groups excluding carboxylic acids is 1. The number of aryl methyl sites for hydroxylation is 1. The third kappa shape index (κ3) is 3.94. The van der Waals surface area contributed by atoms with Crippen LogP contribution in [0.25, 0.3) is 0 Å². The van der Waals surface area contributed by atoms with Crippen LogP contribution in [-0.2, 0) is 21.4 Å². The smallest absolute Gasteiger partial charge is 0.338 e. The van der Waals surface area contributed by atoms with Crippen LogP contribution in [-0.4, -0.2) is 41.5 Å². The van der Waals surface area contributed by atoms with Crippen LogP contribution in [0.1, 0.15) is 48.3 Å². The fourth-order valence-corrected chi connectivity index (χ4v) is 4.63. The summed E-state index contributed by atoms with van der Waals surface area (Å²) in [6.45, 7) is 3.95. The Balaban J connectivity index is 1.68. The molecule has 9 heteroatoms. The van der Waals surface area contributed by atoms with Crippen molar-refractivity contribution in [3.63, 3.8) is 0 Å². The molecule has 0 unspecified atom stereocenters. The highest BCUT2D eigenvalue weighted by Crippen LogP contribution is 2.25. The van der Waals surface area contributed by atoms with Crippen molar-refractivity contribution in [2.45, 2.75) is 50.7 Å². The highest BCUT2D eigenvalue weighted by molar-refractivity contribution is 7.89. The SMILES string of the molecule is Cc1nnc(COC(=O)c2ccc(S(=O)(=O)N3CCCC[C@H]3C)cc2)o1. The van der Waals surface area contributed by atoms with Crippen molar-refractivity contribution in [1.82, 2.24) is 14.5 Å². The molecule has 1 aromatic heterocycles. The second-order valence-electron chi connectivity index (χ2n) is 6.28. The molecule has 0 saturated carbocycles. The molecule has 2 aromatic rings. The van der Waals surface area contributed by atoms with Crippen molar-refractivity contribution in [3.8, 4) is 0 Å². The van der Waals surface area contributed by atoms with E-state index in [4.69, 9.17) is 9.15 Å². The van der Waals surface area contributed by atoms with Crippen LogP contribution in [0.3, 0.4) is 0 Å². The minimum atomic E-state index is -3.56. The minimum absolute atomic E-state index is 0.0174. The van der Waals surface area contributed by atoms with Gasteiger partial charge in [-0.25, -0.2) is 13.2 Å². The average Bonchev–Trinajstić information content (AvgIpc) is 3.05. The van der Waals surface area contributed by atoms with Gasteiger partial charge >= 0.3 is 5.97 Å². The Bertz CT molecular complexity index is 876. The first-order valence-corrected chi connectivity index (χ1v) is 9.90. The number of carbonyl (C=O) groups is 1. The van der Waals surface area contributed by atoms with E-state index in [1.807, 2.05) is 6.92 Å². The molecule has 26 heavy (non-hydrogen) atoms. The van der Waals surface area contributed by atoms with E-state index in [1.165, 1.54) is 28.6 Å². The number of hydrogen-bond donors (Lipinski definition) is 0. The van der Waals surface area contributed by atoms with Crippen LogP contribution in [0.5, 0.6) is 0 Å². The zero-order valence-electron chi connectivity index (χ0n) is 14.7. The molecule has 0 amide bonds. The van der Waals surface area contributed by atoms with Crippen LogP contribution in [0.15, 0.2) is 33.6 Å². The quantitative estimate of drug-likeness (QED) is 0.734.